The average Bonchev–Trinajstić information content (AvgIpc) is 3.12. The zero-order chi connectivity index (χ0) is 36.4. The molecule has 278 valence electrons. The van der Waals surface area contributed by atoms with Gasteiger partial charge in [0.15, 0.2) is 6.10 Å². The molecule has 0 aromatic rings. The van der Waals surface area contributed by atoms with Crippen LogP contribution in [0.1, 0.15) is 129 Å². The standard InChI is InChI=1S/C45H68O5/c1-3-5-7-9-11-13-15-17-18-19-20-21-22-23-24-25-26-28-30-32-34-36-38-40-45(48)50-43(41-46)42-49-44(47)39-37-35-33-31-29-27-16-14-12-10-8-6-4-2/h5-8,11-14,17-18,20-21,23-24,26-29,32,34,43,46H,3-4,9-10,15-16,19,22,25,30-31,33,35-42H2,1-2H3/b7-5-,8-6-,13-11-,14-12-,18-17-,21-20-,24-23-,28-26-,29-27-,34-32-. The van der Waals surface area contributed by atoms with Gasteiger partial charge in [-0.25, -0.2) is 0 Å². The quantitative estimate of drug-likeness (QED) is 0.0433. The highest BCUT2D eigenvalue weighted by molar-refractivity contribution is 5.70. The van der Waals surface area contributed by atoms with Gasteiger partial charge in [0.05, 0.1) is 6.61 Å². The van der Waals surface area contributed by atoms with Gasteiger partial charge in [-0.1, -0.05) is 142 Å². The number of unbranched alkanes of at least 4 members (excludes halogenated alkanes) is 4. The number of esters is 2. The maximum absolute atomic E-state index is 12.1. The van der Waals surface area contributed by atoms with Gasteiger partial charge in [-0.15, -0.1) is 0 Å². The third-order valence-electron chi connectivity index (χ3n) is 7.25. The molecule has 0 saturated heterocycles. The molecule has 50 heavy (non-hydrogen) atoms. The Morgan fingerprint density at radius 1 is 0.460 bits per heavy atom. The fourth-order valence-electron chi connectivity index (χ4n) is 4.44. The highest BCUT2D eigenvalue weighted by atomic mass is 16.6. The van der Waals surface area contributed by atoms with Crippen molar-refractivity contribution >= 4 is 11.9 Å². The maximum Gasteiger partial charge on any atom is 0.306 e. The number of ether oxygens (including phenoxy) is 2. The summed E-state index contributed by atoms with van der Waals surface area (Å²) in [5.41, 5.74) is 0. The van der Waals surface area contributed by atoms with Crippen molar-refractivity contribution in [3.05, 3.63) is 122 Å². The predicted octanol–water partition coefficient (Wildman–Crippen LogP) is 12.1. The Kier molecular flexibility index (Phi) is 36.8. The van der Waals surface area contributed by atoms with Crippen LogP contribution in [0.2, 0.25) is 0 Å². The van der Waals surface area contributed by atoms with Crippen molar-refractivity contribution in [2.45, 2.75) is 136 Å². The van der Waals surface area contributed by atoms with Crippen LogP contribution in [0.25, 0.3) is 0 Å². The number of rotatable bonds is 32. The largest absolute Gasteiger partial charge is 0.462 e. The van der Waals surface area contributed by atoms with Gasteiger partial charge in [-0.2, -0.15) is 0 Å². The molecule has 1 N–H and O–H groups in total. The minimum absolute atomic E-state index is 0.114. The van der Waals surface area contributed by atoms with Crippen LogP contribution >= 0.6 is 0 Å². The molecule has 0 saturated carbocycles. The van der Waals surface area contributed by atoms with Gasteiger partial charge < -0.3 is 14.6 Å². The summed E-state index contributed by atoms with van der Waals surface area (Å²) in [5, 5.41) is 9.53. The van der Waals surface area contributed by atoms with Gasteiger partial charge in [-0.05, 0) is 96.3 Å². The molecule has 0 radical (unpaired) electrons. The number of hydrogen-bond donors (Lipinski definition) is 1. The molecule has 1 unspecified atom stereocenters. The molecular weight excluding hydrogens is 620 g/mol. The summed E-state index contributed by atoms with van der Waals surface area (Å²) in [6.07, 6.45) is 58.3. The summed E-state index contributed by atoms with van der Waals surface area (Å²) < 4.78 is 10.5. The highest BCUT2D eigenvalue weighted by Crippen LogP contribution is 2.07. The zero-order valence-corrected chi connectivity index (χ0v) is 31.3. The zero-order valence-electron chi connectivity index (χ0n) is 31.3. The number of aliphatic hydroxyl groups is 1. The highest BCUT2D eigenvalue weighted by Gasteiger charge is 2.15. The lowest BCUT2D eigenvalue weighted by molar-refractivity contribution is -0.161. The second-order valence-corrected chi connectivity index (χ2v) is 11.9. The lowest BCUT2D eigenvalue weighted by Gasteiger charge is -2.15. The van der Waals surface area contributed by atoms with Crippen molar-refractivity contribution in [2.24, 2.45) is 0 Å². The maximum atomic E-state index is 12.1. The van der Waals surface area contributed by atoms with Crippen molar-refractivity contribution < 1.29 is 24.2 Å². The molecule has 0 bridgehead atoms. The molecule has 0 aliphatic heterocycles. The Labute approximate surface area is 305 Å². The van der Waals surface area contributed by atoms with Crippen LogP contribution in [0, 0.1) is 0 Å². The number of allylic oxidation sites excluding steroid dienone is 20. The Hall–Kier alpha value is -3.70. The van der Waals surface area contributed by atoms with E-state index < -0.39 is 6.10 Å². The van der Waals surface area contributed by atoms with Crippen molar-refractivity contribution in [1.29, 1.82) is 0 Å². The van der Waals surface area contributed by atoms with Gasteiger partial charge in [0.25, 0.3) is 0 Å². The molecule has 0 rings (SSSR count). The predicted molar refractivity (Wildman–Crippen MR) is 214 cm³/mol. The van der Waals surface area contributed by atoms with Crippen LogP contribution in [-0.4, -0.2) is 36.4 Å². The number of aliphatic hydroxyl groups excluding tert-OH is 1. The minimum Gasteiger partial charge on any atom is -0.462 e. The number of carbonyl (C=O) groups is 2. The van der Waals surface area contributed by atoms with E-state index in [2.05, 4.69) is 135 Å². The molecule has 5 nitrogen and oxygen atoms in total. The summed E-state index contributed by atoms with van der Waals surface area (Å²) >= 11 is 0. The molecular formula is C45H68O5. The van der Waals surface area contributed by atoms with E-state index in [1.54, 1.807) is 0 Å². The van der Waals surface area contributed by atoms with Gasteiger partial charge in [-0.3, -0.25) is 9.59 Å². The Morgan fingerprint density at radius 3 is 1.22 bits per heavy atom. The average molecular weight is 689 g/mol. The lowest BCUT2D eigenvalue weighted by Crippen LogP contribution is -2.28. The van der Waals surface area contributed by atoms with E-state index in [9.17, 15) is 14.7 Å². The Bertz CT molecular complexity index is 1100. The smallest absolute Gasteiger partial charge is 0.306 e. The number of carbonyl (C=O) groups excluding carboxylic acids is 2. The van der Waals surface area contributed by atoms with Crippen LogP contribution in [0.4, 0.5) is 0 Å². The molecule has 0 aliphatic rings. The number of hydrogen-bond acceptors (Lipinski definition) is 5. The lowest BCUT2D eigenvalue weighted by atomic mass is 10.1. The van der Waals surface area contributed by atoms with Gasteiger partial charge >= 0.3 is 11.9 Å². The van der Waals surface area contributed by atoms with Crippen molar-refractivity contribution in [3.63, 3.8) is 0 Å². The van der Waals surface area contributed by atoms with E-state index in [1.165, 1.54) is 0 Å². The second-order valence-electron chi connectivity index (χ2n) is 11.9. The molecule has 5 heteroatoms. The van der Waals surface area contributed by atoms with Crippen LogP contribution in [0.15, 0.2) is 122 Å². The monoisotopic (exact) mass is 689 g/mol. The minimum atomic E-state index is -0.822. The Morgan fingerprint density at radius 2 is 0.820 bits per heavy atom. The molecule has 0 spiro atoms. The second kappa shape index (κ2) is 39.7. The first-order chi connectivity index (χ1) is 24.6. The SMILES string of the molecule is CC/C=C\C/C=C\C/C=C\C/C=C\C/C=C\C/C=C\C/C=C\CCCC(=O)OC(CO)COC(=O)CCCCC/C=C\C/C=C\C/C=C\CC. The molecule has 0 aromatic heterocycles. The topological polar surface area (TPSA) is 72.8 Å². The van der Waals surface area contributed by atoms with E-state index in [1.807, 2.05) is 0 Å². The van der Waals surface area contributed by atoms with Crippen LogP contribution in [0.3, 0.4) is 0 Å². The van der Waals surface area contributed by atoms with E-state index >= 15 is 0 Å². The fraction of sp³-hybridized carbons (Fsp3) is 0.511. The summed E-state index contributed by atoms with van der Waals surface area (Å²) in [6.45, 7) is 3.80. The third-order valence-corrected chi connectivity index (χ3v) is 7.25. The molecule has 0 fully saturated rings. The van der Waals surface area contributed by atoms with E-state index in [4.69, 9.17) is 9.47 Å². The Balaban J connectivity index is 3.79. The van der Waals surface area contributed by atoms with Crippen LogP contribution < -0.4 is 0 Å². The van der Waals surface area contributed by atoms with Crippen LogP contribution in [0.5, 0.6) is 0 Å². The molecule has 0 heterocycles. The first-order valence-electron chi connectivity index (χ1n) is 19.1. The van der Waals surface area contributed by atoms with Gasteiger partial charge in [0.2, 0.25) is 0 Å². The van der Waals surface area contributed by atoms with Gasteiger partial charge in [0.1, 0.15) is 6.61 Å². The normalized spacial score (nSPS) is 13.6. The van der Waals surface area contributed by atoms with Gasteiger partial charge in [0, 0.05) is 12.8 Å². The first kappa shape index (κ1) is 46.3. The van der Waals surface area contributed by atoms with Crippen molar-refractivity contribution in [2.75, 3.05) is 13.2 Å². The fourth-order valence-corrected chi connectivity index (χ4v) is 4.44. The first-order valence-corrected chi connectivity index (χ1v) is 19.1. The summed E-state index contributed by atoms with van der Waals surface area (Å²) in [6, 6.07) is 0. The summed E-state index contributed by atoms with van der Waals surface area (Å²) in [7, 11) is 0. The summed E-state index contributed by atoms with van der Waals surface area (Å²) in [4.78, 5) is 24.2. The third kappa shape index (κ3) is 37.1. The molecule has 0 amide bonds. The van der Waals surface area contributed by atoms with Crippen molar-refractivity contribution in [3.8, 4) is 0 Å². The molecule has 0 aliphatic carbocycles. The van der Waals surface area contributed by atoms with E-state index in [0.717, 1.165) is 96.3 Å². The summed E-state index contributed by atoms with van der Waals surface area (Å²) in [5.74, 6) is -0.711. The molecule has 1 atom stereocenters. The van der Waals surface area contributed by atoms with E-state index in [-0.39, 0.29) is 31.6 Å². The van der Waals surface area contributed by atoms with Crippen molar-refractivity contribution in [1.82, 2.24) is 0 Å². The van der Waals surface area contributed by atoms with E-state index in [0.29, 0.717) is 12.8 Å². The van der Waals surface area contributed by atoms with Crippen LogP contribution in [-0.2, 0) is 19.1 Å². The molecule has 0 aromatic carbocycles.